The fourth-order valence-electron chi connectivity index (χ4n) is 3.01. The van der Waals surface area contributed by atoms with Crippen LogP contribution < -0.4 is 20.1 Å². The van der Waals surface area contributed by atoms with Gasteiger partial charge in [0.1, 0.15) is 11.8 Å². The lowest BCUT2D eigenvalue weighted by Crippen LogP contribution is -2.47. The van der Waals surface area contributed by atoms with E-state index in [1.165, 1.54) is 41.8 Å². The number of nitrogens with zero attached hydrogens (tertiary/aromatic N) is 1. The Morgan fingerprint density at radius 1 is 1.06 bits per heavy atom. The van der Waals surface area contributed by atoms with Gasteiger partial charge in [-0.1, -0.05) is 13.8 Å². The molecule has 0 saturated carbocycles. The zero-order valence-electron chi connectivity index (χ0n) is 18.9. The van der Waals surface area contributed by atoms with Crippen LogP contribution in [-0.2, 0) is 14.8 Å². The Morgan fingerprint density at radius 3 is 2.29 bits per heavy atom. The number of carbonyl (C=O) groups excluding carboxylic acids is 2. The van der Waals surface area contributed by atoms with Crippen LogP contribution in [0.15, 0.2) is 65.0 Å². The van der Waals surface area contributed by atoms with Crippen LogP contribution in [0.5, 0.6) is 5.75 Å². The summed E-state index contributed by atoms with van der Waals surface area (Å²) in [6.07, 6.45) is 1.50. The van der Waals surface area contributed by atoms with Gasteiger partial charge < -0.3 is 15.4 Å². The number of aromatic nitrogens is 1. The molecule has 11 heteroatoms. The van der Waals surface area contributed by atoms with Crippen molar-refractivity contribution in [3.05, 3.63) is 65.7 Å². The summed E-state index contributed by atoms with van der Waals surface area (Å²) in [6.45, 7) is 6.04. The molecule has 3 N–H and O–H groups in total. The number of hydrogen-bond donors (Lipinski definition) is 3. The third-order valence-electron chi connectivity index (χ3n) is 4.75. The average Bonchev–Trinajstić information content (AvgIpc) is 3.30. The first-order valence-corrected chi connectivity index (χ1v) is 12.9. The van der Waals surface area contributed by atoms with E-state index < -0.39 is 22.0 Å². The van der Waals surface area contributed by atoms with E-state index in [1.54, 1.807) is 29.6 Å². The second-order valence-electron chi connectivity index (χ2n) is 7.61. The third-order valence-corrected chi connectivity index (χ3v) is 6.92. The van der Waals surface area contributed by atoms with Gasteiger partial charge in [0.15, 0.2) is 5.13 Å². The molecule has 0 aliphatic heterocycles. The normalized spacial score (nSPS) is 12.1. The number of rotatable bonds is 10. The predicted molar refractivity (Wildman–Crippen MR) is 132 cm³/mol. The number of thiazole rings is 1. The highest BCUT2D eigenvalue weighted by Gasteiger charge is 2.25. The predicted octanol–water partition coefficient (Wildman–Crippen LogP) is 3.74. The Kier molecular flexibility index (Phi) is 8.24. The first kappa shape index (κ1) is 25.2. The van der Waals surface area contributed by atoms with Crippen LogP contribution >= 0.6 is 11.3 Å². The first-order chi connectivity index (χ1) is 16.2. The van der Waals surface area contributed by atoms with Crippen molar-refractivity contribution in [1.29, 1.82) is 0 Å². The fourth-order valence-corrected chi connectivity index (χ4v) is 4.80. The molecule has 3 aromatic rings. The molecule has 0 radical (unpaired) electrons. The summed E-state index contributed by atoms with van der Waals surface area (Å²) in [5.74, 6) is -0.323. The lowest BCUT2D eigenvalue weighted by Gasteiger charge is -2.22. The summed E-state index contributed by atoms with van der Waals surface area (Å²) in [7, 11) is -3.79. The summed E-state index contributed by atoms with van der Waals surface area (Å²) < 4.78 is 32.7. The lowest BCUT2D eigenvalue weighted by molar-refractivity contribution is -0.118. The van der Waals surface area contributed by atoms with Crippen molar-refractivity contribution in [3.63, 3.8) is 0 Å². The summed E-state index contributed by atoms with van der Waals surface area (Å²) in [5.41, 5.74) is 0.809. The van der Waals surface area contributed by atoms with E-state index in [0.29, 0.717) is 23.6 Å². The van der Waals surface area contributed by atoms with Crippen LogP contribution in [0, 0.1) is 5.92 Å². The minimum absolute atomic E-state index is 0.0323. The monoisotopic (exact) mass is 502 g/mol. The highest BCUT2D eigenvalue weighted by atomic mass is 32.2. The minimum atomic E-state index is -3.79. The lowest BCUT2D eigenvalue weighted by atomic mass is 10.0. The molecule has 0 fully saturated rings. The minimum Gasteiger partial charge on any atom is -0.494 e. The van der Waals surface area contributed by atoms with E-state index in [-0.39, 0.29) is 21.9 Å². The number of sulfonamides is 1. The quantitative estimate of drug-likeness (QED) is 0.388. The standard InChI is InChI=1S/C23H26N4O5S2/c1-4-32-18-9-5-16(6-10-18)21(28)26-20(15(2)3)22(29)25-17-7-11-19(12-8-17)34(30,31)27-23-24-13-14-33-23/h5-15,20H,4H2,1-3H3,(H,24,27)(H,25,29)(H,26,28)/t20-/m0/s1. The summed E-state index contributed by atoms with van der Waals surface area (Å²) >= 11 is 1.17. The maximum absolute atomic E-state index is 12.9. The van der Waals surface area contributed by atoms with E-state index in [1.807, 2.05) is 20.8 Å². The fraction of sp³-hybridized carbons (Fsp3) is 0.261. The van der Waals surface area contributed by atoms with Gasteiger partial charge in [-0.3, -0.25) is 14.3 Å². The summed E-state index contributed by atoms with van der Waals surface area (Å²) in [5, 5.41) is 7.42. The van der Waals surface area contributed by atoms with Crippen LogP contribution in [0.2, 0.25) is 0 Å². The van der Waals surface area contributed by atoms with E-state index in [2.05, 4.69) is 20.3 Å². The van der Waals surface area contributed by atoms with E-state index in [9.17, 15) is 18.0 Å². The van der Waals surface area contributed by atoms with Crippen LogP contribution in [0.25, 0.3) is 0 Å². The second-order valence-corrected chi connectivity index (χ2v) is 10.2. The zero-order valence-corrected chi connectivity index (χ0v) is 20.6. The third kappa shape index (κ3) is 6.55. The Balaban J connectivity index is 1.65. The second kappa shape index (κ2) is 11.1. The van der Waals surface area contributed by atoms with Gasteiger partial charge in [-0.05, 0) is 61.4 Å². The van der Waals surface area contributed by atoms with Gasteiger partial charge in [-0.15, -0.1) is 11.3 Å². The molecule has 2 aromatic carbocycles. The van der Waals surface area contributed by atoms with Crippen molar-refractivity contribution in [3.8, 4) is 5.75 Å². The molecule has 0 bridgehead atoms. The molecule has 2 amide bonds. The van der Waals surface area contributed by atoms with Gasteiger partial charge in [-0.25, -0.2) is 13.4 Å². The number of amides is 2. The van der Waals surface area contributed by atoms with Gasteiger partial charge in [0.2, 0.25) is 5.91 Å². The Labute approximate surface area is 202 Å². The Morgan fingerprint density at radius 2 is 1.74 bits per heavy atom. The number of nitrogens with one attached hydrogen (secondary N) is 3. The van der Waals surface area contributed by atoms with Crippen LogP contribution in [0.3, 0.4) is 0 Å². The van der Waals surface area contributed by atoms with Crippen LogP contribution in [-0.4, -0.2) is 37.9 Å². The smallest absolute Gasteiger partial charge is 0.263 e. The molecule has 9 nitrogen and oxygen atoms in total. The Bertz CT molecular complexity index is 1210. The largest absolute Gasteiger partial charge is 0.494 e. The molecular weight excluding hydrogens is 476 g/mol. The molecule has 0 spiro atoms. The van der Waals surface area contributed by atoms with Crippen molar-refractivity contribution < 1.29 is 22.7 Å². The molecule has 0 aliphatic rings. The molecule has 1 heterocycles. The molecule has 1 aromatic heterocycles. The van der Waals surface area contributed by atoms with E-state index in [4.69, 9.17) is 4.74 Å². The maximum atomic E-state index is 12.9. The first-order valence-electron chi connectivity index (χ1n) is 10.6. The molecule has 0 aliphatic carbocycles. The van der Waals surface area contributed by atoms with Gasteiger partial charge in [0, 0.05) is 22.8 Å². The van der Waals surface area contributed by atoms with Crippen molar-refractivity contribution in [1.82, 2.24) is 10.3 Å². The molecular formula is C23H26N4O5S2. The van der Waals surface area contributed by atoms with Crippen molar-refractivity contribution in [2.24, 2.45) is 5.92 Å². The van der Waals surface area contributed by atoms with E-state index in [0.717, 1.165) is 0 Å². The average molecular weight is 503 g/mol. The molecule has 1 atom stereocenters. The molecule has 3 rings (SSSR count). The van der Waals surface area contributed by atoms with Gasteiger partial charge in [0.25, 0.3) is 15.9 Å². The van der Waals surface area contributed by atoms with Crippen molar-refractivity contribution >= 4 is 44.0 Å². The molecule has 180 valence electrons. The number of ether oxygens (including phenoxy) is 1. The summed E-state index contributed by atoms with van der Waals surface area (Å²) in [6, 6.07) is 11.6. The van der Waals surface area contributed by atoms with E-state index >= 15 is 0 Å². The highest BCUT2D eigenvalue weighted by molar-refractivity contribution is 7.93. The molecule has 0 saturated heterocycles. The maximum Gasteiger partial charge on any atom is 0.263 e. The van der Waals surface area contributed by atoms with Gasteiger partial charge in [-0.2, -0.15) is 0 Å². The Hall–Kier alpha value is -3.44. The van der Waals surface area contributed by atoms with Gasteiger partial charge >= 0.3 is 0 Å². The topological polar surface area (TPSA) is 126 Å². The number of benzene rings is 2. The molecule has 0 unspecified atom stereocenters. The number of hydrogen-bond acceptors (Lipinski definition) is 7. The van der Waals surface area contributed by atoms with Crippen molar-refractivity contribution in [2.75, 3.05) is 16.6 Å². The number of anilines is 2. The van der Waals surface area contributed by atoms with Crippen molar-refractivity contribution in [2.45, 2.75) is 31.7 Å². The van der Waals surface area contributed by atoms with Crippen LogP contribution in [0.1, 0.15) is 31.1 Å². The molecule has 34 heavy (non-hydrogen) atoms. The zero-order chi connectivity index (χ0) is 24.7. The van der Waals surface area contributed by atoms with Crippen LogP contribution in [0.4, 0.5) is 10.8 Å². The van der Waals surface area contributed by atoms with Gasteiger partial charge in [0.05, 0.1) is 11.5 Å². The number of carbonyl (C=O) groups is 2. The summed E-state index contributed by atoms with van der Waals surface area (Å²) in [4.78, 5) is 29.5. The highest BCUT2D eigenvalue weighted by Crippen LogP contribution is 2.20. The SMILES string of the molecule is CCOc1ccc(C(=O)N[C@H](C(=O)Nc2ccc(S(=O)(=O)Nc3nccs3)cc2)C(C)C)cc1.